The SMILES string of the molecule is CC(Cc1ccc(Br)cc1)NCc1cccc2c1NCC2. The molecule has 0 radical (unpaired) electrons. The van der Waals surface area contributed by atoms with E-state index in [1.54, 1.807) is 0 Å². The fourth-order valence-electron chi connectivity index (χ4n) is 2.89. The third kappa shape index (κ3) is 3.66. The number of fused-ring (bicyclic) bond motifs is 1. The van der Waals surface area contributed by atoms with Crippen molar-refractivity contribution in [3.63, 3.8) is 0 Å². The molecule has 0 aromatic heterocycles. The lowest BCUT2D eigenvalue weighted by Crippen LogP contribution is -2.27. The van der Waals surface area contributed by atoms with Gasteiger partial charge in [-0.2, -0.15) is 0 Å². The summed E-state index contributed by atoms with van der Waals surface area (Å²) in [6.45, 7) is 4.24. The molecule has 0 fully saturated rings. The Hall–Kier alpha value is -1.32. The molecule has 0 spiro atoms. The maximum absolute atomic E-state index is 3.64. The largest absolute Gasteiger partial charge is 0.384 e. The molecule has 0 aliphatic carbocycles. The lowest BCUT2D eigenvalue weighted by molar-refractivity contribution is 0.546. The minimum absolute atomic E-state index is 0.462. The highest BCUT2D eigenvalue weighted by Gasteiger charge is 2.13. The summed E-state index contributed by atoms with van der Waals surface area (Å²) in [7, 11) is 0. The number of halogens is 1. The quantitative estimate of drug-likeness (QED) is 0.851. The maximum atomic E-state index is 3.64. The smallest absolute Gasteiger partial charge is 0.0419 e. The van der Waals surface area contributed by atoms with E-state index in [2.05, 4.69) is 76.0 Å². The van der Waals surface area contributed by atoms with Gasteiger partial charge in [0.2, 0.25) is 0 Å². The predicted molar refractivity (Wildman–Crippen MR) is 92.8 cm³/mol. The average Bonchev–Trinajstić information content (AvgIpc) is 2.96. The molecule has 0 amide bonds. The highest BCUT2D eigenvalue weighted by Crippen LogP contribution is 2.26. The Morgan fingerprint density at radius 1 is 1.19 bits per heavy atom. The molecule has 0 bridgehead atoms. The molecule has 1 heterocycles. The maximum Gasteiger partial charge on any atom is 0.0419 e. The zero-order valence-corrected chi connectivity index (χ0v) is 13.9. The summed E-state index contributed by atoms with van der Waals surface area (Å²) in [6.07, 6.45) is 2.20. The zero-order chi connectivity index (χ0) is 14.7. The molecule has 3 rings (SSSR count). The molecule has 110 valence electrons. The van der Waals surface area contributed by atoms with Gasteiger partial charge in [-0.1, -0.05) is 46.3 Å². The van der Waals surface area contributed by atoms with Crippen molar-refractivity contribution in [3.05, 3.63) is 63.6 Å². The first kappa shape index (κ1) is 14.6. The summed E-state index contributed by atoms with van der Waals surface area (Å²) in [4.78, 5) is 0. The molecular weight excluding hydrogens is 324 g/mol. The summed E-state index contributed by atoms with van der Waals surface area (Å²) in [5.41, 5.74) is 5.55. The van der Waals surface area contributed by atoms with E-state index in [-0.39, 0.29) is 0 Å². The minimum Gasteiger partial charge on any atom is -0.384 e. The highest BCUT2D eigenvalue weighted by atomic mass is 79.9. The van der Waals surface area contributed by atoms with Gasteiger partial charge in [-0.05, 0) is 48.6 Å². The minimum atomic E-state index is 0.462. The normalized spacial score (nSPS) is 14.6. The molecule has 21 heavy (non-hydrogen) atoms. The number of anilines is 1. The third-order valence-corrected chi connectivity index (χ3v) is 4.56. The Labute approximate surface area is 135 Å². The molecule has 1 aliphatic rings. The monoisotopic (exact) mass is 344 g/mol. The Morgan fingerprint density at radius 3 is 2.81 bits per heavy atom. The van der Waals surface area contributed by atoms with E-state index >= 15 is 0 Å². The van der Waals surface area contributed by atoms with Gasteiger partial charge in [0.1, 0.15) is 0 Å². The Kier molecular flexibility index (Phi) is 4.61. The lowest BCUT2D eigenvalue weighted by atomic mass is 10.1. The number of rotatable bonds is 5. The van der Waals surface area contributed by atoms with Crippen molar-refractivity contribution < 1.29 is 0 Å². The van der Waals surface area contributed by atoms with E-state index in [0.29, 0.717) is 6.04 Å². The number of nitrogens with one attached hydrogen (secondary N) is 2. The van der Waals surface area contributed by atoms with Gasteiger partial charge in [0, 0.05) is 29.3 Å². The van der Waals surface area contributed by atoms with Crippen LogP contribution in [0.25, 0.3) is 0 Å². The van der Waals surface area contributed by atoms with E-state index in [4.69, 9.17) is 0 Å². The van der Waals surface area contributed by atoms with Gasteiger partial charge in [-0.3, -0.25) is 0 Å². The summed E-state index contributed by atoms with van der Waals surface area (Å²) < 4.78 is 1.14. The molecule has 2 aromatic rings. The first-order valence-electron chi connectivity index (χ1n) is 7.55. The molecule has 2 N–H and O–H groups in total. The van der Waals surface area contributed by atoms with Gasteiger partial charge in [-0.25, -0.2) is 0 Å². The molecule has 0 saturated heterocycles. The van der Waals surface area contributed by atoms with Crippen LogP contribution >= 0.6 is 15.9 Å². The summed E-state index contributed by atoms with van der Waals surface area (Å²) in [5.74, 6) is 0. The van der Waals surface area contributed by atoms with E-state index in [0.717, 1.165) is 30.4 Å². The molecule has 3 heteroatoms. The van der Waals surface area contributed by atoms with E-state index in [1.807, 2.05) is 0 Å². The van der Waals surface area contributed by atoms with Crippen LogP contribution in [0.15, 0.2) is 46.9 Å². The van der Waals surface area contributed by atoms with Gasteiger partial charge in [-0.15, -0.1) is 0 Å². The number of hydrogen-bond acceptors (Lipinski definition) is 2. The molecule has 1 aliphatic heterocycles. The van der Waals surface area contributed by atoms with Crippen LogP contribution in [0.4, 0.5) is 5.69 Å². The average molecular weight is 345 g/mol. The Balaban J connectivity index is 1.58. The van der Waals surface area contributed by atoms with E-state index in [1.165, 1.54) is 22.4 Å². The Bertz CT molecular complexity index is 607. The van der Waals surface area contributed by atoms with Gasteiger partial charge < -0.3 is 10.6 Å². The second-order valence-electron chi connectivity index (χ2n) is 5.74. The van der Waals surface area contributed by atoms with Crippen LogP contribution in [0.1, 0.15) is 23.6 Å². The van der Waals surface area contributed by atoms with Crippen LogP contribution in [0.5, 0.6) is 0 Å². The van der Waals surface area contributed by atoms with Crippen molar-refractivity contribution in [2.24, 2.45) is 0 Å². The van der Waals surface area contributed by atoms with Gasteiger partial charge >= 0.3 is 0 Å². The zero-order valence-electron chi connectivity index (χ0n) is 12.3. The van der Waals surface area contributed by atoms with Crippen LogP contribution in [0.2, 0.25) is 0 Å². The van der Waals surface area contributed by atoms with Crippen molar-refractivity contribution in [1.29, 1.82) is 0 Å². The topological polar surface area (TPSA) is 24.1 Å². The lowest BCUT2D eigenvalue weighted by Gasteiger charge is -2.16. The molecule has 2 nitrogen and oxygen atoms in total. The van der Waals surface area contributed by atoms with Crippen LogP contribution < -0.4 is 10.6 Å². The fourth-order valence-corrected chi connectivity index (χ4v) is 3.15. The van der Waals surface area contributed by atoms with Crippen molar-refractivity contribution in [2.45, 2.75) is 32.4 Å². The third-order valence-electron chi connectivity index (χ3n) is 4.03. The first-order chi connectivity index (χ1) is 10.2. The summed E-state index contributed by atoms with van der Waals surface area (Å²) in [5, 5.41) is 7.14. The van der Waals surface area contributed by atoms with Gasteiger partial charge in [0.15, 0.2) is 0 Å². The fraction of sp³-hybridized carbons (Fsp3) is 0.333. The predicted octanol–water partition coefficient (Wildman–Crippen LogP) is 4.14. The van der Waals surface area contributed by atoms with Crippen molar-refractivity contribution >= 4 is 21.6 Å². The summed E-state index contributed by atoms with van der Waals surface area (Å²) in [6, 6.07) is 15.7. The summed E-state index contributed by atoms with van der Waals surface area (Å²) >= 11 is 3.48. The van der Waals surface area contributed by atoms with Gasteiger partial charge in [0.05, 0.1) is 0 Å². The second-order valence-corrected chi connectivity index (χ2v) is 6.66. The molecule has 1 atom stereocenters. The molecular formula is C18H21BrN2. The molecule has 1 unspecified atom stereocenters. The van der Waals surface area contributed by atoms with E-state index < -0.39 is 0 Å². The Morgan fingerprint density at radius 2 is 2.00 bits per heavy atom. The number of benzene rings is 2. The van der Waals surface area contributed by atoms with Crippen LogP contribution in [-0.4, -0.2) is 12.6 Å². The van der Waals surface area contributed by atoms with Crippen molar-refractivity contribution in [1.82, 2.24) is 5.32 Å². The van der Waals surface area contributed by atoms with Crippen molar-refractivity contribution in [2.75, 3.05) is 11.9 Å². The van der Waals surface area contributed by atoms with Crippen LogP contribution in [0.3, 0.4) is 0 Å². The van der Waals surface area contributed by atoms with Crippen LogP contribution in [-0.2, 0) is 19.4 Å². The van der Waals surface area contributed by atoms with Crippen molar-refractivity contribution in [3.8, 4) is 0 Å². The van der Waals surface area contributed by atoms with E-state index in [9.17, 15) is 0 Å². The number of para-hydroxylation sites is 1. The second kappa shape index (κ2) is 6.63. The van der Waals surface area contributed by atoms with Crippen LogP contribution in [0, 0.1) is 0 Å². The molecule has 2 aromatic carbocycles. The number of hydrogen-bond donors (Lipinski definition) is 2. The highest BCUT2D eigenvalue weighted by molar-refractivity contribution is 9.10. The standard InChI is InChI=1S/C18H21BrN2/c1-13(11-14-5-7-17(19)8-6-14)21-12-16-4-2-3-15-9-10-20-18(15)16/h2-8,13,20-21H,9-12H2,1H3. The van der Waals surface area contributed by atoms with Gasteiger partial charge in [0.25, 0.3) is 0 Å². The molecule has 0 saturated carbocycles. The first-order valence-corrected chi connectivity index (χ1v) is 8.34.